The highest BCUT2D eigenvalue weighted by Crippen LogP contribution is 2.12. The number of hydrogen-bond donors (Lipinski definition) is 1. The van der Waals surface area contributed by atoms with Crippen LogP contribution in [0.5, 0.6) is 0 Å². The molecule has 3 nitrogen and oxygen atoms in total. The zero-order valence-corrected chi connectivity index (χ0v) is 8.36. The quantitative estimate of drug-likeness (QED) is 0.742. The molecule has 4 heteroatoms. The third kappa shape index (κ3) is 2.99. The average Bonchev–Trinajstić information content (AvgIpc) is 2.61. The van der Waals surface area contributed by atoms with Gasteiger partial charge in [0.2, 0.25) is 5.91 Å². The van der Waals surface area contributed by atoms with E-state index in [0.717, 1.165) is 16.3 Å². The second-order valence-electron chi connectivity index (χ2n) is 2.50. The van der Waals surface area contributed by atoms with E-state index in [2.05, 4.69) is 23.8 Å². The minimum absolute atomic E-state index is 0.147. The molecule has 0 atom stereocenters. The van der Waals surface area contributed by atoms with Gasteiger partial charge in [-0.2, -0.15) is 0 Å². The monoisotopic (exact) mass is 196 g/mol. The number of aromatic nitrogens is 1. The van der Waals surface area contributed by atoms with Gasteiger partial charge in [0.15, 0.2) is 0 Å². The lowest BCUT2D eigenvalue weighted by Crippen LogP contribution is -2.19. The molecule has 1 heterocycles. The van der Waals surface area contributed by atoms with Gasteiger partial charge >= 0.3 is 0 Å². The van der Waals surface area contributed by atoms with Gasteiger partial charge < -0.3 is 5.32 Å². The molecule has 1 amide bonds. The van der Waals surface area contributed by atoms with Crippen molar-refractivity contribution in [2.75, 3.05) is 0 Å². The number of rotatable bonds is 4. The van der Waals surface area contributed by atoms with Crippen LogP contribution >= 0.6 is 11.3 Å². The number of hydrogen-bond acceptors (Lipinski definition) is 3. The first-order chi connectivity index (χ1) is 6.26. The molecular weight excluding hydrogens is 184 g/mol. The van der Waals surface area contributed by atoms with Gasteiger partial charge in [0.1, 0.15) is 0 Å². The standard InChI is InChI=1S/C9H12N2OS/c1-3-8(12)10-5-7-6-11-9(4-2)13-7/h3,6H,1,4-5H2,2H3,(H,10,12). The molecular formula is C9H12N2OS. The van der Waals surface area contributed by atoms with Gasteiger partial charge in [-0.3, -0.25) is 4.79 Å². The Bertz CT molecular complexity index is 306. The van der Waals surface area contributed by atoms with E-state index in [1.807, 2.05) is 0 Å². The van der Waals surface area contributed by atoms with Crippen molar-refractivity contribution in [2.24, 2.45) is 0 Å². The first kappa shape index (κ1) is 9.92. The smallest absolute Gasteiger partial charge is 0.243 e. The van der Waals surface area contributed by atoms with Gasteiger partial charge in [-0.25, -0.2) is 4.98 Å². The fourth-order valence-electron chi connectivity index (χ4n) is 0.840. The van der Waals surface area contributed by atoms with E-state index in [1.54, 1.807) is 17.5 Å². The molecule has 1 rings (SSSR count). The van der Waals surface area contributed by atoms with Crippen LogP contribution in [-0.2, 0) is 17.8 Å². The normalized spacial score (nSPS) is 9.62. The van der Waals surface area contributed by atoms with E-state index in [0.29, 0.717) is 6.54 Å². The van der Waals surface area contributed by atoms with Crippen molar-refractivity contribution in [3.8, 4) is 0 Å². The summed E-state index contributed by atoms with van der Waals surface area (Å²) in [7, 11) is 0. The Kier molecular flexibility index (Phi) is 3.64. The molecule has 0 aromatic carbocycles. The maximum Gasteiger partial charge on any atom is 0.243 e. The zero-order chi connectivity index (χ0) is 9.68. The van der Waals surface area contributed by atoms with Crippen LogP contribution in [0.4, 0.5) is 0 Å². The van der Waals surface area contributed by atoms with Crippen LogP contribution in [-0.4, -0.2) is 10.9 Å². The fraction of sp³-hybridized carbons (Fsp3) is 0.333. The van der Waals surface area contributed by atoms with Gasteiger partial charge in [0.05, 0.1) is 11.6 Å². The van der Waals surface area contributed by atoms with Crippen molar-refractivity contribution in [1.29, 1.82) is 0 Å². The van der Waals surface area contributed by atoms with Crippen LogP contribution in [0.1, 0.15) is 16.8 Å². The van der Waals surface area contributed by atoms with E-state index < -0.39 is 0 Å². The largest absolute Gasteiger partial charge is 0.348 e. The molecule has 1 aromatic heterocycles. The summed E-state index contributed by atoms with van der Waals surface area (Å²) >= 11 is 1.63. The third-order valence-electron chi connectivity index (χ3n) is 1.53. The van der Waals surface area contributed by atoms with Crippen LogP contribution in [0.3, 0.4) is 0 Å². The van der Waals surface area contributed by atoms with Crippen LogP contribution in [0.2, 0.25) is 0 Å². The van der Waals surface area contributed by atoms with Crippen molar-refractivity contribution in [2.45, 2.75) is 19.9 Å². The molecule has 1 aromatic rings. The third-order valence-corrected chi connectivity index (χ3v) is 2.67. The van der Waals surface area contributed by atoms with Crippen molar-refractivity contribution < 1.29 is 4.79 Å². The molecule has 1 N–H and O–H groups in total. The van der Waals surface area contributed by atoms with Crippen molar-refractivity contribution in [1.82, 2.24) is 10.3 Å². The second-order valence-corrected chi connectivity index (χ2v) is 3.70. The molecule has 70 valence electrons. The number of carbonyl (C=O) groups is 1. The molecule has 0 saturated heterocycles. The lowest BCUT2D eigenvalue weighted by molar-refractivity contribution is -0.116. The highest BCUT2D eigenvalue weighted by atomic mass is 32.1. The predicted molar refractivity (Wildman–Crippen MR) is 53.5 cm³/mol. The number of amides is 1. The molecule has 0 bridgehead atoms. The maximum atomic E-state index is 10.8. The SMILES string of the molecule is C=CC(=O)NCc1cnc(CC)s1. The molecule has 0 spiro atoms. The number of thiazole rings is 1. The van der Waals surface area contributed by atoms with Crippen molar-refractivity contribution in [3.05, 3.63) is 28.7 Å². The van der Waals surface area contributed by atoms with E-state index in [-0.39, 0.29) is 5.91 Å². The Morgan fingerprint density at radius 2 is 2.62 bits per heavy atom. The number of nitrogens with one attached hydrogen (secondary N) is 1. The predicted octanol–water partition coefficient (Wildman–Crippen LogP) is 1.51. The highest BCUT2D eigenvalue weighted by Gasteiger charge is 2.00. The Morgan fingerprint density at radius 3 is 3.15 bits per heavy atom. The molecule has 0 fully saturated rings. The molecule has 0 radical (unpaired) electrons. The molecule has 0 aliphatic rings. The van der Waals surface area contributed by atoms with Crippen LogP contribution < -0.4 is 5.32 Å². The van der Waals surface area contributed by atoms with Crippen molar-refractivity contribution in [3.63, 3.8) is 0 Å². The Labute approximate surface area is 81.5 Å². The highest BCUT2D eigenvalue weighted by molar-refractivity contribution is 7.11. The summed E-state index contributed by atoms with van der Waals surface area (Å²) in [6.45, 7) is 5.97. The second kappa shape index (κ2) is 4.77. The van der Waals surface area contributed by atoms with Crippen molar-refractivity contribution >= 4 is 17.2 Å². The lowest BCUT2D eigenvalue weighted by atomic mass is 10.5. The summed E-state index contributed by atoms with van der Waals surface area (Å²) in [6.07, 6.45) is 4.01. The van der Waals surface area contributed by atoms with E-state index in [4.69, 9.17) is 0 Å². The Morgan fingerprint density at radius 1 is 1.85 bits per heavy atom. The topological polar surface area (TPSA) is 42.0 Å². The summed E-state index contributed by atoms with van der Waals surface area (Å²) in [5, 5.41) is 3.80. The number of aryl methyl sites for hydroxylation is 1. The summed E-state index contributed by atoms with van der Waals surface area (Å²) in [5.74, 6) is -0.147. The number of carbonyl (C=O) groups excluding carboxylic acids is 1. The van der Waals surface area contributed by atoms with Gasteiger partial charge in [0.25, 0.3) is 0 Å². The van der Waals surface area contributed by atoms with Crippen LogP contribution in [0.25, 0.3) is 0 Å². The van der Waals surface area contributed by atoms with Crippen LogP contribution in [0.15, 0.2) is 18.9 Å². The Balaban J connectivity index is 2.45. The molecule has 0 saturated carbocycles. The van der Waals surface area contributed by atoms with Gasteiger partial charge in [0, 0.05) is 11.1 Å². The summed E-state index contributed by atoms with van der Waals surface area (Å²) in [4.78, 5) is 16.1. The lowest BCUT2D eigenvalue weighted by Gasteiger charge is -1.96. The summed E-state index contributed by atoms with van der Waals surface area (Å²) in [5.41, 5.74) is 0. The average molecular weight is 196 g/mol. The zero-order valence-electron chi connectivity index (χ0n) is 7.54. The molecule has 0 unspecified atom stereocenters. The fourth-order valence-corrected chi connectivity index (χ4v) is 1.64. The Hall–Kier alpha value is -1.16. The minimum atomic E-state index is -0.147. The number of nitrogens with zero attached hydrogens (tertiary/aromatic N) is 1. The summed E-state index contributed by atoms with van der Waals surface area (Å²) < 4.78 is 0. The van der Waals surface area contributed by atoms with Gasteiger partial charge in [-0.05, 0) is 12.5 Å². The molecule has 0 aliphatic carbocycles. The van der Waals surface area contributed by atoms with E-state index in [1.165, 1.54) is 6.08 Å². The molecule has 13 heavy (non-hydrogen) atoms. The van der Waals surface area contributed by atoms with Gasteiger partial charge in [-0.1, -0.05) is 13.5 Å². The van der Waals surface area contributed by atoms with E-state index >= 15 is 0 Å². The molecule has 0 aliphatic heterocycles. The minimum Gasteiger partial charge on any atom is -0.348 e. The summed E-state index contributed by atoms with van der Waals surface area (Å²) in [6, 6.07) is 0. The van der Waals surface area contributed by atoms with Gasteiger partial charge in [-0.15, -0.1) is 11.3 Å². The maximum absolute atomic E-state index is 10.8. The first-order valence-electron chi connectivity index (χ1n) is 4.10. The van der Waals surface area contributed by atoms with Crippen LogP contribution in [0, 0.1) is 0 Å². The van der Waals surface area contributed by atoms with E-state index in [9.17, 15) is 4.79 Å². The first-order valence-corrected chi connectivity index (χ1v) is 4.91.